The molecule has 1 aromatic carbocycles. The Kier molecular flexibility index (Phi) is 4.80. The lowest BCUT2D eigenvalue weighted by atomic mass is 10.1. The van der Waals surface area contributed by atoms with Crippen LogP contribution in [0.3, 0.4) is 0 Å². The average Bonchev–Trinajstić information content (AvgIpc) is 2.76. The molecule has 0 fully saturated rings. The molecule has 0 amide bonds. The zero-order chi connectivity index (χ0) is 13.7. The van der Waals surface area contributed by atoms with E-state index in [0.29, 0.717) is 0 Å². The zero-order valence-electron chi connectivity index (χ0n) is 12.2. The Balaban J connectivity index is 2.08. The molecule has 0 saturated heterocycles. The Morgan fingerprint density at radius 3 is 2.53 bits per heavy atom. The third-order valence-corrected chi connectivity index (χ3v) is 3.29. The summed E-state index contributed by atoms with van der Waals surface area (Å²) >= 11 is 0. The first-order valence-corrected chi connectivity index (χ1v) is 7.11. The van der Waals surface area contributed by atoms with Gasteiger partial charge < -0.3 is 9.88 Å². The van der Waals surface area contributed by atoms with Crippen molar-refractivity contribution in [2.24, 2.45) is 0 Å². The molecule has 1 aromatic heterocycles. The fraction of sp³-hybridized carbons (Fsp3) is 0.412. The van der Waals surface area contributed by atoms with Crippen LogP contribution in [0.4, 0.5) is 0 Å². The lowest BCUT2D eigenvalue weighted by Crippen LogP contribution is -2.17. The summed E-state index contributed by atoms with van der Waals surface area (Å²) in [6.45, 7) is 9.51. The minimum Gasteiger partial charge on any atom is -0.346 e. The second-order valence-corrected chi connectivity index (χ2v) is 5.30. The van der Waals surface area contributed by atoms with Crippen LogP contribution >= 0.6 is 0 Å². The Morgan fingerprint density at radius 2 is 1.84 bits per heavy atom. The van der Waals surface area contributed by atoms with Gasteiger partial charge in [0.1, 0.15) is 0 Å². The summed E-state index contributed by atoms with van der Waals surface area (Å²) in [5.74, 6) is 0. The smallest absolute Gasteiger partial charge is 0.0473 e. The lowest BCUT2D eigenvalue weighted by Gasteiger charge is -2.11. The van der Waals surface area contributed by atoms with E-state index in [1.807, 2.05) is 0 Å². The first kappa shape index (κ1) is 13.9. The predicted octanol–water partition coefficient (Wildman–Crippen LogP) is 3.65. The number of hydrogen-bond donors (Lipinski definition) is 1. The molecule has 2 rings (SSSR count). The highest BCUT2D eigenvalue weighted by Gasteiger charge is 2.02. The maximum Gasteiger partial charge on any atom is 0.0473 e. The highest BCUT2D eigenvalue weighted by atomic mass is 15.0. The molecule has 19 heavy (non-hydrogen) atoms. The normalized spacial score (nSPS) is 10.9. The van der Waals surface area contributed by atoms with Crippen LogP contribution in [0.5, 0.6) is 0 Å². The fourth-order valence-corrected chi connectivity index (χ4v) is 2.51. The van der Waals surface area contributed by atoms with Crippen LogP contribution in [-0.4, -0.2) is 11.1 Å². The second-order valence-electron chi connectivity index (χ2n) is 5.30. The lowest BCUT2D eigenvalue weighted by molar-refractivity contribution is 0.630. The molecule has 0 radical (unpaired) electrons. The molecule has 0 aliphatic carbocycles. The van der Waals surface area contributed by atoms with Crippen LogP contribution in [0.25, 0.3) is 0 Å². The van der Waals surface area contributed by atoms with Crippen LogP contribution in [0.2, 0.25) is 0 Å². The van der Waals surface area contributed by atoms with E-state index < -0.39 is 0 Å². The van der Waals surface area contributed by atoms with Crippen molar-refractivity contribution in [3.8, 4) is 0 Å². The van der Waals surface area contributed by atoms with E-state index >= 15 is 0 Å². The maximum absolute atomic E-state index is 3.47. The Morgan fingerprint density at radius 1 is 1.11 bits per heavy atom. The minimum atomic E-state index is 0.950. The highest BCUT2D eigenvalue weighted by Crippen LogP contribution is 2.12. The molecule has 2 aromatic rings. The van der Waals surface area contributed by atoms with Crippen LogP contribution in [0.15, 0.2) is 36.5 Å². The molecule has 1 heterocycles. The summed E-state index contributed by atoms with van der Waals surface area (Å²) in [5.41, 5.74) is 5.42. The van der Waals surface area contributed by atoms with Gasteiger partial charge in [-0.15, -0.1) is 0 Å². The van der Waals surface area contributed by atoms with Crippen molar-refractivity contribution in [3.05, 3.63) is 58.9 Å². The topological polar surface area (TPSA) is 17.0 Å². The van der Waals surface area contributed by atoms with Crippen molar-refractivity contribution >= 4 is 0 Å². The molecular formula is C17H24N2. The van der Waals surface area contributed by atoms with Gasteiger partial charge >= 0.3 is 0 Å². The number of aryl methyl sites for hydroxylation is 2. The molecule has 2 nitrogen and oxygen atoms in total. The monoisotopic (exact) mass is 256 g/mol. The number of benzene rings is 1. The molecule has 0 saturated carbocycles. The van der Waals surface area contributed by atoms with Crippen LogP contribution in [0, 0.1) is 13.8 Å². The predicted molar refractivity (Wildman–Crippen MR) is 81.4 cm³/mol. The van der Waals surface area contributed by atoms with E-state index in [-0.39, 0.29) is 0 Å². The van der Waals surface area contributed by atoms with Gasteiger partial charge in [-0.3, -0.25) is 0 Å². The first-order valence-electron chi connectivity index (χ1n) is 7.11. The quantitative estimate of drug-likeness (QED) is 0.781. The molecule has 0 atom stereocenters. The van der Waals surface area contributed by atoms with E-state index in [1.165, 1.54) is 28.8 Å². The molecule has 0 aliphatic rings. The van der Waals surface area contributed by atoms with E-state index in [0.717, 1.165) is 19.6 Å². The van der Waals surface area contributed by atoms with E-state index in [2.05, 4.69) is 67.2 Å². The average molecular weight is 256 g/mol. The molecule has 0 bridgehead atoms. The summed E-state index contributed by atoms with van der Waals surface area (Å²) in [7, 11) is 0. The third-order valence-electron chi connectivity index (χ3n) is 3.29. The Labute approximate surface area is 116 Å². The summed E-state index contributed by atoms with van der Waals surface area (Å²) in [5, 5.41) is 3.47. The fourth-order valence-electron chi connectivity index (χ4n) is 2.51. The standard InChI is InChI=1S/C17H24N2/c1-4-7-18-12-17-6-5-8-19(17)13-16-10-14(2)9-15(3)11-16/h5-6,8-11,18H,4,7,12-13H2,1-3H3. The van der Waals surface area contributed by atoms with E-state index in [9.17, 15) is 0 Å². The molecule has 102 valence electrons. The number of aromatic nitrogens is 1. The zero-order valence-corrected chi connectivity index (χ0v) is 12.2. The van der Waals surface area contributed by atoms with Crippen LogP contribution in [-0.2, 0) is 13.1 Å². The number of nitrogens with zero attached hydrogens (tertiary/aromatic N) is 1. The van der Waals surface area contributed by atoms with Crippen molar-refractivity contribution in [1.82, 2.24) is 9.88 Å². The van der Waals surface area contributed by atoms with E-state index in [4.69, 9.17) is 0 Å². The van der Waals surface area contributed by atoms with Gasteiger partial charge in [0.15, 0.2) is 0 Å². The summed E-state index contributed by atoms with van der Waals surface area (Å²) in [6.07, 6.45) is 3.35. The maximum atomic E-state index is 3.47. The van der Waals surface area contributed by atoms with Crippen molar-refractivity contribution in [3.63, 3.8) is 0 Å². The van der Waals surface area contributed by atoms with Crippen molar-refractivity contribution in [2.45, 2.75) is 40.3 Å². The SMILES string of the molecule is CCCNCc1cccn1Cc1cc(C)cc(C)c1. The van der Waals surface area contributed by atoms with Gasteiger partial charge in [0, 0.05) is 25.0 Å². The van der Waals surface area contributed by atoms with Gasteiger partial charge in [-0.25, -0.2) is 0 Å². The highest BCUT2D eigenvalue weighted by molar-refractivity contribution is 5.29. The van der Waals surface area contributed by atoms with Gasteiger partial charge in [-0.2, -0.15) is 0 Å². The van der Waals surface area contributed by atoms with Crippen LogP contribution in [0.1, 0.15) is 35.7 Å². The number of nitrogens with one attached hydrogen (secondary N) is 1. The van der Waals surface area contributed by atoms with Gasteiger partial charge in [0.2, 0.25) is 0 Å². The van der Waals surface area contributed by atoms with Gasteiger partial charge in [0.05, 0.1) is 0 Å². The van der Waals surface area contributed by atoms with Crippen molar-refractivity contribution in [2.75, 3.05) is 6.54 Å². The molecule has 0 unspecified atom stereocenters. The minimum absolute atomic E-state index is 0.950. The first-order chi connectivity index (χ1) is 9.19. The van der Waals surface area contributed by atoms with Gasteiger partial charge in [-0.05, 0) is 44.5 Å². The van der Waals surface area contributed by atoms with Crippen molar-refractivity contribution in [1.29, 1.82) is 0 Å². The Hall–Kier alpha value is -1.54. The largest absolute Gasteiger partial charge is 0.346 e. The third kappa shape index (κ3) is 3.97. The summed E-state index contributed by atoms with van der Waals surface area (Å²) < 4.78 is 2.33. The number of rotatable bonds is 6. The van der Waals surface area contributed by atoms with Gasteiger partial charge in [0.25, 0.3) is 0 Å². The summed E-state index contributed by atoms with van der Waals surface area (Å²) in [6, 6.07) is 11.1. The second kappa shape index (κ2) is 6.58. The molecule has 2 heteroatoms. The van der Waals surface area contributed by atoms with E-state index in [1.54, 1.807) is 0 Å². The molecule has 0 spiro atoms. The number of hydrogen-bond acceptors (Lipinski definition) is 1. The Bertz CT molecular complexity index is 506. The molecule has 0 aliphatic heterocycles. The molecular weight excluding hydrogens is 232 g/mol. The van der Waals surface area contributed by atoms with Gasteiger partial charge in [-0.1, -0.05) is 36.2 Å². The summed E-state index contributed by atoms with van der Waals surface area (Å²) in [4.78, 5) is 0. The molecule has 1 N–H and O–H groups in total. The van der Waals surface area contributed by atoms with Crippen LogP contribution < -0.4 is 5.32 Å². The van der Waals surface area contributed by atoms with Crippen molar-refractivity contribution < 1.29 is 0 Å².